The number of hydrogen-bond acceptors (Lipinski definition) is 7. The van der Waals surface area contributed by atoms with Gasteiger partial charge in [0, 0.05) is 44.3 Å². The van der Waals surface area contributed by atoms with Crippen molar-refractivity contribution in [3.63, 3.8) is 0 Å². The average molecular weight is 556 g/mol. The molecule has 37 heavy (non-hydrogen) atoms. The van der Waals surface area contributed by atoms with Crippen molar-refractivity contribution in [1.82, 2.24) is 19.8 Å². The topological polar surface area (TPSA) is 124 Å². The number of fused-ring (bicyclic) bond motifs is 1. The number of alkyl halides is 6. The highest BCUT2D eigenvalue weighted by Crippen LogP contribution is 2.32. The van der Waals surface area contributed by atoms with Crippen LogP contribution in [0, 0.1) is 11.8 Å². The van der Waals surface area contributed by atoms with Crippen molar-refractivity contribution < 1.29 is 50.9 Å². The Morgan fingerprint density at radius 3 is 2.03 bits per heavy atom. The first-order valence-electron chi connectivity index (χ1n) is 10.6. The Balaban J connectivity index is 0.000000286. The molecule has 9 nitrogen and oxygen atoms in total. The third-order valence-electron chi connectivity index (χ3n) is 5.41. The molecular weight excluding hydrogens is 534 g/mol. The number of thiazole rings is 1. The van der Waals surface area contributed by atoms with E-state index in [2.05, 4.69) is 20.9 Å². The normalized spacial score (nSPS) is 19.6. The van der Waals surface area contributed by atoms with Crippen molar-refractivity contribution in [1.29, 1.82) is 0 Å². The minimum absolute atomic E-state index is 0.0906. The maximum absolute atomic E-state index is 12.5. The number of carbonyl (C=O) groups is 3. The number of likely N-dealkylation sites (tertiary alicyclic amines) is 2. The molecule has 0 saturated carbocycles. The molecule has 2 aromatic heterocycles. The molecule has 2 aromatic rings. The quantitative estimate of drug-likeness (QED) is 0.552. The number of hydrogen-bond donors (Lipinski definition) is 2. The highest BCUT2D eigenvalue weighted by Gasteiger charge is 2.39. The monoisotopic (exact) mass is 556 g/mol. The Morgan fingerprint density at radius 2 is 1.54 bits per heavy atom. The van der Waals surface area contributed by atoms with Crippen LogP contribution in [0.4, 0.5) is 26.3 Å². The number of halogens is 6. The number of rotatable bonds is 3. The highest BCUT2D eigenvalue weighted by molar-refractivity contribution is 7.07. The first-order chi connectivity index (χ1) is 17.2. The number of carboxylic acids is 2. The van der Waals surface area contributed by atoms with Gasteiger partial charge in [0.2, 0.25) is 0 Å². The summed E-state index contributed by atoms with van der Waals surface area (Å²) in [6, 6.07) is 6.08. The first-order valence-corrected chi connectivity index (χ1v) is 11.5. The summed E-state index contributed by atoms with van der Waals surface area (Å²) in [6.07, 6.45) is -7.22. The third-order valence-corrected chi connectivity index (χ3v) is 6.00. The van der Waals surface area contributed by atoms with E-state index < -0.39 is 24.3 Å². The summed E-state index contributed by atoms with van der Waals surface area (Å²) < 4.78 is 63.5. The number of pyridine rings is 1. The van der Waals surface area contributed by atoms with Crippen LogP contribution < -0.4 is 0 Å². The molecule has 0 aliphatic carbocycles. The fourth-order valence-corrected chi connectivity index (χ4v) is 4.31. The van der Waals surface area contributed by atoms with Gasteiger partial charge in [0.05, 0.1) is 11.2 Å². The van der Waals surface area contributed by atoms with Gasteiger partial charge in [-0.15, -0.1) is 11.3 Å². The van der Waals surface area contributed by atoms with Gasteiger partial charge >= 0.3 is 24.3 Å². The maximum atomic E-state index is 12.5. The predicted molar refractivity (Wildman–Crippen MR) is 117 cm³/mol. The molecular formula is C21H22F6N4O5S. The van der Waals surface area contributed by atoms with E-state index in [9.17, 15) is 31.1 Å². The zero-order valence-corrected chi connectivity index (χ0v) is 19.8. The smallest absolute Gasteiger partial charge is 0.475 e. The summed E-state index contributed by atoms with van der Waals surface area (Å²) in [7, 11) is 0. The van der Waals surface area contributed by atoms with Crippen molar-refractivity contribution in [2.75, 3.05) is 26.2 Å². The summed E-state index contributed by atoms with van der Waals surface area (Å²) >= 11 is 1.48. The minimum atomic E-state index is -5.08. The Hall–Kier alpha value is -3.27. The zero-order chi connectivity index (χ0) is 27.8. The lowest BCUT2D eigenvalue weighted by atomic mass is 9.88. The standard InChI is InChI=1S/C17H20N4OS.2C2HF3O2/c22-17(16-11-23-12-19-16)21-6-4-13-7-20(8-14(13)9-21)10-15-3-1-2-5-18-15;2*3-2(4,5)1(6)7/h1-3,5,11-14H,4,6-10H2;2*(H,6,7)/t13-,14-;;/m1../s1. The van der Waals surface area contributed by atoms with Crippen LogP contribution in [0.5, 0.6) is 0 Å². The second kappa shape index (κ2) is 12.8. The number of carbonyl (C=O) groups excluding carboxylic acids is 1. The van der Waals surface area contributed by atoms with Crippen molar-refractivity contribution in [2.24, 2.45) is 11.8 Å². The van der Waals surface area contributed by atoms with Gasteiger partial charge in [0.1, 0.15) is 5.69 Å². The van der Waals surface area contributed by atoms with Crippen LogP contribution in [-0.2, 0) is 16.1 Å². The molecule has 0 radical (unpaired) electrons. The van der Waals surface area contributed by atoms with Crippen LogP contribution in [0.1, 0.15) is 22.6 Å². The largest absolute Gasteiger partial charge is 0.490 e. The molecule has 4 heterocycles. The van der Waals surface area contributed by atoms with Crippen LogP contribution in [0.3, 0.4) is 0 Å². The molecule has 0 spiro atoms. The Bertz CT molecular complexity index is 1010. The zero-order valence-electron chi connectivity index (χ0n) is 18.9. The second-order valence-corrected chi connectivity index (χ2v) is 8.77. The highest BCUT2D eigenvalue weighted by atomic mass is 32.1. The molecule has 2 fully saturated rings. The van der Waals surface area contributed by atoms with Gasteiger partial charge in [0.25, 0.3) is 5.91 Å². The summed E-state index contributed by atoms with van der Waals surface area (Å²) in [5.74, 6) is -4.14. The van der Waals surface area contributed by atoms with E-state index in [1.165, 1.54) is 11.3 Å². The van der Waals surface area contributed by atoms with E-state index in [4.69, 9.17) is 19.8 Å². The van der Waals surface area contributed by atoms with E-state index in [1.807, 2.05) is 28.6 Å². The van der Waals surface area contributed by atoms with Gasteiger partial charge in [-0.1, -0.05) is 6.07 Å². The molecule has 1 amide bonds. The Kier molecular flexibility index (Phi) is 10.4. The number of amides is 1. The first kappa shape index (κ1) is 30.0. The van der Waals surface area contributed by atoms with E-state index in [-0.39, 0.29) is 5.91 Å². The molecule has 4 rings (SSSR count). The fraction of sp³-hybridized carbons (Fsp3) is 0.476. The average Bonchev–Trinajstić information content (AvgIpc) is 3.48. The fourth-order valence-electron chi connectivity index (χ4n) is 3.78. The van der Waals surface area contributed by atoms with Crippen LogP contribution in [0.2, 0.25) is 0 Å². The molecule has 0 bridgehead atoms. The van der Waals surface area contributed by atoms with Crippen LogP contribution in [0.25, 0.3) is 0 Å². The molecule has 2 atom stereocenters. The maximum Gasteiger partial charge on any atom is 0.490 e. The van der Waals surface area contributed by atoms with Gasteiger partial charge in [-0.2, -0.15) is 26.3 Å². The summed E-state index contributed by atoms with van der Waals surface area (Å²) in [5, 5.41) is 16.1. The molecule has 16 heteroatoms. The third kappa shape index (κ3) is 9.60. The predicted octanol–water partition coefficient (Wildman–Crippen LogP) is 3.40. The lowest BCUT2D eigenvalue weighted by Crippen LogP contribution is -2.43. The van der Waals surface area contributed by atoms with Crippen LogP contribution >= 0.6 is 11.3 Å². The van der Waals surface area contributed by atoms with Gasteiger partial charge < -0.3 is 15.1 Å². The van der Waals surface area contributed by atoms with Gasteiger partial charge in [-0.3, -0.25) is 14.7 Å². The van der Waals surface area contributed by atoms with Crippen molar-refractivity contribution in [2.45, 2.75) is 25.3 Å². The van der Waals surface area contributed by atoms with E-state index in [1.54, 1.807) is 5.51 Å². The molecule has 0 unspecified atom stereocenters. The number of aromatic nitrogens is 2. The molecule has 2 N–H and O–H groups in total. The van der Waals surface area contributed by atoms with Crippen molar-refractivity contribution in [3.8, 4) is 0 Å². The van der Waals surface area contributed by atoms with Gasteiger partial charge in [0.15, 0.2) is 0 Å². The summed E-state index contributed by atoms with van der Waals surface area (Å²) in [4.78, 5) is 43.3. The van der Waals surface area contributed by atoms with Crippen molar-refractivity contribution in [3.05, 3.63) is 46.7 Å². The van der Waals surface area contributed by atoms with Crippen molar-refractivity contribution >= 4 is 29.2 Å². The van der Waals surface area contributed by atoms with Crippen LogP contribution in [-0.4, -0.2) is 86.4 Å². The lowest BCUT2D eigenvalue weighted by molar-refractivity contribution is -0.193. The Labute approximate surface area is 210 Å². The van der Waals surface area contributed by atoms with Crippen LogP contribution in [0.15, 0.2) is 35.3 Å². The van der Waals surface area contributed by atoms with Gasteiger partial charge in [-0.05, 0) is 30.4 Å². The van der Waals surface area contributed by atoms with E-state index in [0.717, 1.165) is 44.8 Å². The molecule has 2 saturated heterocycles. The van der Waals surface area contributed by atoms with Gasteiger partial charge in [-0.25, -0.2) is 14.6 Å². The number of nitrogens with zero attached hydrogens (tertiary/aromatic N) is 4. The summed E-state index contributed by atoms with van der Waals surface area (Å²) in [6.45, 7) is 4.81. The number of aliphatic carboxylic acids is 2. The SMILES string of the molecule is O=C(O)C(F)(F)F.O=C(O)C(F)(F)F.O=C(c1cscn1)N1CC[C@@H]2CN(Cc3ccccn3)C[C@@H]2C1. The molecule has 0 aromatic carbocycles. The molecule has 204 valence electrons. The van der Waals surface area contributed by atoms with E-state index >= 15 is 0 Å². The molecule has 2 aliphatic heterocycles. The minimum Gasteiger partial charge on any atom is -0.475 e. The van der Waals surface area contributed by atoms with E-state index in [0.29, 0.717) is 17.5 Å². The molecule has 2 aliphatic rings. The number of piperidine rings is 1. The second-order valence-electron chi connectivity index (χ2n) is 8.05. The lowest BCUT2D eigenvalue weighted by Gasteiger charge is -2.34. The number of carboxylic acid groups (broad SMARTS) is 2. The Morgan fingerprint density at radius 1 is 0.946 bits per heavy atom. The summed E-state index contributed by atoms with van der Waals surface area (Å²) in [5.41, 5.74) is 3.45.